The van der Waals surface area contributed by atoms with Crippen LogP contribution < -0.4 is 10.6 Å². The third kappa shape index (κ3) is 4.40. The third-order valence-electron chi connectivity index (χ3n) is 5.96. The maximum absolute atomic E-state index is 13.1. The number of hydrogen-bond acceptors (Lipinski definition) is 4. The van der Waals surface area contributed by atoms with Crippen molar-refractivity contribution >= 4 is 17.6 Å². The second-order valence-corrected chi connectivity index (χ2v) is 7.78. The van der Waals surface area contributed by atoms with Crippen LogP contribution in [0.2, 0.25) is 0 Å². The molecule has 2 aliphatic rings. The summed E-state index contributed by atoms with van der Waals surface area (Å²) in [5.41, 5.74) is 1.48. The number of hydrogen-bond donors (Lipinski definition) is 2. The maximum atomic E-state index is 13.1. The second kappa shape index (κ2) is 8.61. The standard InChI is InChI=1S/C22H26N4O3/c27-20(25-18-7-4-10-23-14-18)19-15-26(16-22(19)8-11-29-12-9-22)21(28)24-13-17-5-2-1-3-6-17/h1-7,10,14,19H,8-9,11-13,15-16H2,(H,24,28)(H,25,27)/t19-/m1/s1. The molecule has 0 radical (unpaired) electrons. The smallest absolute Gasteiger partial charge is 0.317 e. The highest BCUT2D eigenvalue weighted by molar-refractivity contribution is 5.94. The third-order valence-corrected chi connectivity index (χ3v) is 5.96. The number of amides is 3. The average Bonchev–Trinajstić information content (AvgIpc) is 3.13. The molecule has 3 amide bonds. The number of anilines is 1. The van der Waals surface area contributed by atoms with Gasteiger partial charge < -0.3 is 20.3 Å². The first-order valence-electron chi connectivity index (χ1n) is 10.0. The van der Waals surface area contributed by atoms with Crippen molar-refractivity contribution in [3.05, 3.63) is 60.4 Å². The molecule has 2 saturated heterocycles. The van der Waals surface area contributed by atoms with E-state index in [1.54, 1.807) is 23.4 Å². The molecular weight excluding hydrogens is 368 g/mol. The molecule has 1 aromatic heterocycles. The zero-order valence-corrected chi connectivity index (χ0v) is 16.3. The van der Waals surface area contributed by atoms with Gasteiger partial charge in [-0.3, -0.25) is 9.78 Å². The van der Waals surface area contributed by atoms with Crippen LogP contribution in [0.3, 0.4) is 0 Å². The molecule has 1 atom stereocenters. The number of carbonyl (C=O) groups excluding carboxylic acids is 2. The van der Waals surface area contributed by atoms with Crippen molar-refractivity contribution in [2.45, 2.75) is 19.4 Å². The van der Waals surface area contributed by atoms with Crippen molar-refractivity contribution in [1.82, 2.24) is 15.2 Å². The van der Waals surface area contributed by atoms with Gasteiger partial charge in [-0.15, -0.1) is 0 Å². The van der Waals surface area contributed by atoms with Crippen molar-refractivity contribution in [3.8, 4) is 0 Å². The van der Waals surface area contributed by atoms with Crippen LogP contribution in [0.15, 0.2) is 54.9 Å². The molecule has 152 valence electrons. The Balaban J connectivity index is 1.45. The lowest BCUT2D eigenvalue weighted by atomic mass is 9.71. The average molecular weight is 394 g/mol. The number of aromatic nitrogens is 1. The molecule has 2 fully saturated rings. The Bertz CT molecular complexity index is 838. The van der Waals surface area contributed by atoms with Gasteiger partial charge in [-0.1, -0.05) is 30.3 Å². The predicted octanol–water partition coefficient (Wildman–Crippen LogP) is 2.66. The molecule has 0 aliphatic carbocycles. The van der Waals surface area contributed by atoms with Gasteiger partial charge >= 0.3 is 6.03 Å². The van der Waals surface area contributed by atoms with E-state index < -0.39 is 0 Å². The van der Waals surface area contributed by atoms with Gasteiger partial charge in [0.25, 0.3) is 0 Å². The van der Waals surface area contributed by atoms with E-state index in [0.29, 0.717) is 38.5 Å². The minimum Gasteiger partial charge on any atom is -0.381 e. The number of urea groups is 1. The van der Waals surface area contributed by atoms with Crippen LogP contribution in [0.4, 0.5) is 10.5 Å². The predicted molar refractivity (Wildman–Crippen MR) is 109 cm³/mol. The number of carbonyl (C=O) groups is 2. The van der Waals surface area contributed by atoms with E-state index in [1.807, 2.05) is 36.4 Å². The molecule has 2 aromatic rings. The van der Waals surface area contributed by atoms with Gasteiger partial charge in [-0.25, -0.2) is 4.79 Å². The van der Waals surface area contributed by atoms with Crippen LogP contribution in [0, 0.1) is 11.3 Å². The molecule has 0 bridgehead atoms. The van der Waals surface area contributed by atoms with Gasteiger partial charge in [0, 0.05) is 44.5 Å². The first-order chi connectivity index (χ1) is 14.2. The summed E-state index contributed by atoms with van der Waals surface area (Å²) in [5.74, 6) is -0.327. The summed E-state index contributed by atoms with van der Waals surface area (Å²) in [4.78, 5) is 31.7. The molecule has 7 nitrogen and oxygen atoms in total. The molecule has 7 heteroatoms. The summed E-state index contributed by atoms with van der Waals surface area (Å²) < 4.78 is 5.54. The first kappa shape index (κ1) is 19.4. The van der Waals surface area contributed by atoms with Crippen molar-refractivity contribution in [2.24, 2.45) is 11.3 Å². The lowest BCUT2D eigenvalue weighted by molar-refractivity contribution is -0.124. The van der Waals surface area contributed by atoms with E-state index in [-0.39, 0.29) is 23.3 Å². The van der Waals surface area contributed by atoms with Gasteiger partial charge in [0.1, 0.15) is 0 Å². The van der Waals surface area contributed by atoms with Crippen molar-refractivity contribution in [1.29, 1.82) is 0 Å². The van der Waals surface area contributed by atoms with Gasteiger partial charge in [-0.05, 0) is 30.5 Å². The van der Waals surface area contributed by atoms with Gasteiger partial charge in [0.05, 0.1) is 17.8 Å². The molecule has 2 N–H and O–H groups in total. The zero-order valence-electron chi connectivity index (χ0n) is 16.3. The molecule has 1 aromatic carbocycles. The minimum absolute atomic E-state index is 0.0572. The van der Waals surface area contributed by atoms with E-state index in [0.717, 1.165) is 18.4 Å². The number of likely N-dealkylation sites (tertiary alicyclic amines) is 1. The Morgan fingerprint density at radius 1 is 1.14 bits per heavy atom. The summed E-state index contributed by atoms with van der Waals surface area (Å²) in [6, 6.07) is 13.3. The molecule has 4 rings (SSSR count). The molecule has 0 saturated carbocycles. The van der Waals surface area contributed by atoms with Crippen LogP contribution >= 0.6 is 0 Å². The van der Waals surface area contributed by atoms with E-state index >= 15 is 0 Å². The van der Waals surface area contributed by atoms with Crippen LogP contribution in [0.25, 0.3) is 0 Å². The highest BCUT2D eigenvalue weighted by Gasteiger charge is 2.51. The van der Waals surface area contributed by atoms with Crippen molar-refractivity contribution < 1.29 is 14.3 Å². The fourth-order valence-electron chi connectivity index (χ4n) is 4.32. The number of benzene rings is 1. The van der Waals surface area contributed by atoms with Gasteiger partial charge in [0.2, 0.25) is 5.91 Å². The Kier molecular flexibility index (Phi) is 5.76. The summed E-state index contributed by atoms with van der Waals surface area (Å²) in [7, 11) is 0. The van der Waals surface area contributed by atoms with Gasteiger partial charge in [0.15, 0.2) is 0 Å². The molecule has 3 heterocycles. The van der Waals surface area contributed by atoms with Crippen LogP contribution in [-0.2, 0) is 16.1 Å². The molecule has 29 heavy (non-hydrogen) atoms. The highest BCUT2D eigenvalue weighted by atomic mass is 16.5. The number of rotatable bonds is 4. The molecule has 0 unspecified atom stereocenters. The normalized spacial score (nSPS) is 20.4. The fourth-order valence-corrected chi connectivity index (χ4v) is 4.32. The van der Waals surface area contributed by atoms with Crippen LogP contribution in [0.5, 0.6) is 0 Å². The lowest BCUT2D eigenvalue weighted by Gasteiger charge is -2.37. The Labute approximate surface area is 170 Å². The minimum atomic E-state index is -0.269. The molecule has 2 aliphatic heterocycles. The van der Waals surface area contributed by atoms with Crippen molar-refractivity contribution in [3.63, 3.8) is 0 Å². The molecular formula is C22H26N4O3. The SMILES string of the molecule is O=C(Nc1cccnc1)[C@H]1CN(C(=O)NCc2ccccc2)CC12CCOCC2. The summed E-state index contributed by atoms with van der Waals surface area (Å²) in [6.07, 6.45) is 4.86. The lowest BCUT2D eigenvalue weighted by Crippen LogP contribution is -2.42. The summed E-state index contributed by atoms with van der Waals surface area (Å²) in [5, 5.41) is 5.96. The number of nitrogens with one attached hydrogen (secondary N) is 2. The van der Waals surface area contributed by atoms with E-state index in [4.69, 9.17) is 4.74 Å². The largest absolute Gasteiger partial charge is 0.381 e. The monoisotopic (exact) mass is 394 g/mol. The van der Waals surface area contributed by atoms with Crippen molar-refractivity contribution in [2.75, 3.05) is 31.6 Å². The highest BCUT2D eigenvalue weighted by Crippen LogP contribution is 2.44. The second-order valence-electron chi connectivity index (χ2n) is 7.78. The van der Waals surface area contributed by atoms with Gasteiger partial charge in [-0.2, -0.15) is 0 Å². The fraction of sp³-hybridized carbons (Fsp3) is 0.409. The van der Waals surface area contributed by atoms with Crippen LogP contribution in [0.1, 0.15) is 18.4 Å². The quantitative estimate of drug-likeness (QED) is 0.835. The Morgan fingerprint density at radius 3 is 2.66 bits per heavy atom. The topological polar surface area (TPSA) is 83.6 Å². The number of pyridine rings is 1. The van der Waals surface area contributed by atoms with Crippen LogP contribution in [-0.4, -0.2) is 48.1 Å². The number of ether oxygens (including phenoxy) is 1. The van der Waals surface area contributed by atoms with E-state index in [2.05, 4.69) is 15.6 Å². The Hall–Kier alpha value is -2.93. The first-order valence-corrected chi connectivity index (χ1v) is 10.0. The van der Waals surface area contributed by atoms with E-state index in [1.165, 1.54) is 0 Å². The molecule has 1 spiro atoms. The number of nitrogens with zero attached hydrogens (tertiary/aromatic N) is 2. The summed E-state index contributed by atoms with van der Waals surface area (Å²) in [6.45, 7) is 2.69. The maximum Gasteiger partial charge on any atom is 0.317 e. The van der Waals surface area contributed by atoms with E-state index in [9.17, 15) is 9.59 Å². The zero-order chi connectivity index (χ0) is 20.1. The Morgan fingerprint density at radius 2 is 1.93 bits per heavy atom. The summed E-state index contributed by atoms with van der Waals surface area (Å²) >= 11 is 0.